The molecular formula is C20H22FN7O2. The maximum Gasteiger partial charge on any atom is 0.252 e. The van der Waals surface area contributed by atoms with E-state index in [2.05, 4.69) is 30.5 Å². The van der Waals surface area contributed by atoms with Crippen LogP contribution in [0.2, 0.25) is 0 Å². The van der Waals surface area contributed by atoms with Crippen LogP contribution in [0.25, 0.3) is 17.2 Å². The van der Waals surface area contributed by atoms with Crippen LogP contribution in [0, 0.1) is 0 Å². The van der Waals surface area contributed by atoms with Gasteiger partial charge in [-0.2, -0.15) is 0 Å². The largest absolute Gasteiger partial charge is 0.469 e. The van der Waals surface area contributed by atoms with Crippen LogP contribution in [0.4, 0.5) is 4.39 Å². The minimum Gasteiger partial charge on any atom is -0.469 e. The average molecular weight is 411 g/mol. The zero-order valence-electron chi connectivity index (χ0n) is 16.5. The summed E-state index contributed by atoms with van der Waals surface area (Å²) in [6, 6.07) is 1.68. The Hall–Kier alpha value is -3.14. The molecule has 2 fully saturated rings. The van der Waals surface area contributed by atoms with Crippen molar-refractivity contribution in [2.24, 2.45) is 0 Å². The Labute approximate surface area is 171 Å². The topological polar surface area (TPSA) is 111 Å². The third-order valence-corrected chi connectivity index (χ3v) is 5.97. The fourth-order valence-electron chi connectivity index (χ4n) is 4.42. The van der Waals surface area contributed by atoms with Gasteiger partial charge in [-0.3, -0.25) is 9.36 Å². The summed E-state index contributed by atoms with van der Waals surface area (Å²) in [6.07, 6.45) is 9.51. The highest BCUT2D eigenvalue weighted by Gasteiger charge is 2.49. The summed E-state index contributed by atoms with van der Waals surface area (Å²) in [6.45, 7) is 1.91. The number of aromatic amines is 1. The second kappa shape index (κ2) is 7.28. The minimum absolute atomic E-state index is 0.154. The number of halogens is 1. The van der Waals surface area contributed by atoms with Gasteiger partial charge in [0.15, 0.2) is 17.4 Å². The molecular weight excluding hydrogens is 389 g/mol. The van der Waals surface area contributed by atoms with Crippen molar-refractivity contribution < 1.29 is 9.13 Å². The molecule has 0 unspecified atom stereocenters. The van der Waals surface area contributed by atoms with Gasteiger partial charge in [0.1, 0.15) is 18.2 Å². The smallest absolute Gasteiger partial charge is 0.252 e. The van der Waals surface area contributed by atoms with E-state index < -0.39 is 17.8 Å². The van der Waals surface area contributed by atoms with Crippen molar-refractivity contribution >= 4 is 0 Å². The third kappa shape index (κ3) is 3.36. The van der Waals surface area contributed by atoms with Crippen LogP contribution in [0.3, 0.4) is 0 Å². The molecule has 2 N–H and O–H groups in total. The van der Waals surface area contributed by atoms with E-state index in [1.54, 1.807) is 23.3 Å². The van der Waals surface area contributed by atoms with Crippen molar-refractivity contribution in [3.05, 3.63) is 47.4 Å². The van der Waals surface area contributed by atoms with Gasteiger partial charge in [0, 0.05) is 37.1 Å². The van der Waals surface area contributed by atoms with Gasteiger partial charge < -0.3 is 15.0 Å². The molecule has 5 heterocycles. The lowest BCUT2D eigenvalue weighted by atomic mass is 9.75. The molecule has 10 heteroatoms. The summed E-state index contributed by atoms with van der Waals surface area (Å²) in [4.78, 5) is 23.7. The van der Waals surface area contributed by atoms with E-state index in [1.165, 1.54) is 18.5 Å². The van der Waals surface area contributed by atoms with Crippen LogP contribution in [-0.2, 0) is 0 Å². The first-order valence-corrected chi connectivity index (χ1v) is 10.0. The standard InChI is InChI=1S/C20H22FN7O2/c1-20-4-2-3-12(25-20)7-15(18(20)21)30-17-10-24-19(27-26-17)13-9-23-16(8-14(13)29)28-6-5-22-11-28/h5-6,8-12,15,18,25H,2-4,7H2,1H3,(H,23,29)/t12-,15-,18+,20+/m1/s1. The summed E-state index contributed by atoms with van der Waals surface area (Å²) in [5.41, 5.74) is -0.544. The number of hydrogen-bond acceptors (Lipinski definition) is 7. The molecule has 30 heavy (non-hydrogen) atoms. The van der Waals surface area contributed by atoms with Crippen molar-refractivity contribution in [3.8, 4) is 23.1 Å². The Morgan fingerprint density at radius 1 is 1.37 bits per heavy atom. The Morgan fingerprint density at radius 3 is 3.00 bits per heavy atom. The predicted octanol–water partition coefficient (Wildman–Crippen LogP) is 1.80. The van der Waals surface area contributed by atoms with Crippen LogP contribution in [0.5, 0.6) is 5.88 Å². The average Bonchev–Trinajstić information content (AvgIpc) is 3.28. The van der Waals surface area contributed by atoms with E-state index in [0.29, 0.717) is 12.2 Å². The lowest BCUT2D eigenvalue weighted by Crippen LogP contribution is -2.66. The number of rotatable bonds is 4. The molecule has 0 radical (unpaired) electrons. The fourth-order valence-corrected chi connectivity index (χ4v) is 4.42. The monoisotopic (exact) mass is 411 g/mol. The van der Waals surface area contributed by atoms with Gasteiger partial charge in [-0.05, 0) is 26.2 Å². The Kier molecular flexibility index (Phi) is 4.58. The number of nitrogens with one attached hydrogen (secondary N) is 2. The molecule has 2 aliphatic rings. The predicted molar refractivity (Wildman–Crippen MR) is 106 cm³/mol. The highest BCUT2D eigenvalue weighted by molar-refractivity contribution is 5.53. The quantitative estimate of drug-likeness (QED) is 0.673. The van der Waals surface area contributed by atoms with E-state index in [4.69, 9.17) is 4.74 Å². The molecule has 2 bridgehead atoms. The van der Waals surface area contributed by atoms with Gasteiger partial charge in [-0.25, -0.2) is 14.4 Å². The molecule has 2 aliphatic heterocycles. The SMILES string of the molecule is C[C@]12CCC[C@H](C[C@@H](Oc3cnc(-c4c[nH]c(-n5ccnc5)cc4=O)nn3)[C@@H]1F)N2. The molecule has 3 aromatic rings. The number of pyridine rings is 1. The molecule has 3 aromatic heterocycles. The van der Waals surface area contributed by atoms with Crippen LogP contribution >= 0.6 is 0 Å². The van der Waals surface area contributed by atoms with Crippen molar-refractivity contribution in [1.82, 2.24) is 35.0 Å². The fraction of sp³-hybridized carbons (Fsp3) is 0.450. The lowest BCUT2D eigenvalue weighted by molar-refractivity contribution is -0.0350. The Balaban J connectivity index is 1.33. The van der Waals surface area contributed by atoms with Gasteiger partial charge in [0.25, 0.3) is 5.88 Å². The molecule has 0 aromatic carbocycles. The number of ether oxygens (including phenoxy) is 1. The van der Waals surface area contributed by atoms with Gasteiger partial charge in [-0.15, -0.1) is 10.2 Å². The zero-order valence-corrected chi connectivity index (χ0v) is 16.5. The van der Waals surface area contributed by atoms with Crippen LogP contribution in [0.15, 0.2) is 42.0 Å². The second-order valence-corrected chi connectivity index (χ2v) is 8.13. The number of H-pyrrole nitrogens is 1. The molecule has 156 valence electrons. The number of piperidine rings is 2. The number of hydrogen-bond donors (Lipinski definition) is 2. The number of nitrogens with zero attached hydrogens (tertiary/aromatic N) is 5. The van der Waals surface area contributed by atoms with Crippen molar-refractivity contribution in [2.75, 3.05) is 0 Å². The number of alkyl halides is 1. The van der Waals surface area contributed by atoms with Crippen LogP contribution < -0.4 is 15.5 Å². The Morgan fingerprint density at radius 2 is 2.27 bits per heavy atom. The third-order valence-electron chi connectivity index (χ3n) is 5.97. The maximum atomic E-state index is 15.0. The van der Waals surface area contributed by atoms with Gasteiger partial charge in [-0.1, -0.05) is 0 Å². The minimum atomic E-state index is -1.14. The number of imidazole rings is 1. The molecule has 0 saturated carbocycles. The highest BCUT2D eigenvalue weighted by atomic mass is 19.1. The van der Waals surface area contributed by atoms with E-state index >= 15 is 4.39 Å². The van der Waals surface area contributed by atoms with E-state index in [-0.39, 0.29) is 28.7 Å². The van der Waals surface area contributed by atoms with Crippen molar-refractivity contribution in [1.29, 1.82) is 0 Å². The first kappa shape index (κ1) is 18.9. The van der Waals surface area contributed by atoms with Crippen molar-refractivity contribution in [2.45, 2.75) is 56.5 Å². The number of fused-ring (bicyclic) bond motifs is 2. The van der Waals surface area contributed by atoms with Gasteiger partial charge in [0.2, 0.25) is 0 Å². The van der Waals surface area contributed by atoms with Gasteiger partial charge in [0.05, 0.1) is 17.3 Å². The van der Waals surface area contributed by atoms with E-state index in [0.717, 1.165) is 19.3 Å². The number of aromatic nitrogens is 6. The highest BCUT2D eigenvalue weighted by Crippen LogP contribution is 2.37. The first-order chi connectivity index (χ1) is 14.5. The van der Waals surface area contributed by atoms with Crippen molar-refractivity contribution in [3.63, 3.8) is 0 Å². The summed E-state index contributed by atoms with van der Waals surface area (Å²) in [5.74, 6) is 0.904. The molecule has 5 rings (SSSR count). The molecule has 9 nitrogen and oxygen atoms in total. The first-order valence-electron chi connectivity index (χ1n) is 10.0. The summed E-state index contributed by atoms with van der Waals surface area (Å²) < 4.78 is 22.5. The zero-order chi connectivity index (χ0) is 20.7. The second-order valence-electron chi connectivity index (χ2n) is 8.13. The normalized spacial score (nSPS) is 28.3. The molecule has 4 atom stereocenters. The lowest BCUT2D eigenvalue weighted by Gasteiger charge is -2.49. The van der Waals surface area contributed by atoms with Crippen LogP contribution in [-0.4, -0.2) is 53.6 Å². The van der Waals surface area contributed by atoms with E-state index in [9.17, 15) is 4.79 Å². The summed E-state index contributed by atoms with van der Waals surface area (Å²) >= 11 is 0. The molecule has 2 saturated heterocycles. The van der Waals surface area contributed by atoms with Gasteiger partial charge >= 0.3 is 0 Å². The molecule has 0 spiro atoms. The summed E-state index contributed by atoms with van der Waals surface area (Å²) in [7, 11) is 0. The Bertz CT molecular complexity index is 1090. The maximum absolute atomic E-state index is 15.0. The molecule has 0 aliphatic carbocycles. The molecule has 0 amide bonds. The van der Waals surface area contributed by atoms with E-state index in [1.807, 2.05) is 6.92 Å². The van der Waals surface area contributed by atoms with Crippen LogP contribution in [0.1, 0.15) is 32.6 Å². The summed E-state index contributed by atoms with van der Waals surface area (Å²) in [5, 5.41) is 11.4.